The van der Waals surface area contributed by atoms with Gasteiger partial charge in [-0.15, -0.1) is 11.3 Å². The third-order valence-electron chi connectivity index (χ3n) is 8.98. The van der Waals surface area contributed by atoms with Crippen molar-refractivity contribution >= 4 is 39.2 Å². The number of carbonyl (C=O) groups excluding carboxylic acids is 1. The first-order valence-corrected chi connectivity index (χ1v) is 17.5. The number of allylic oxidation sites excluding steroid dienone is 2. The first-order chi connectivity index (χ1) is 24.9. The summed E-state index contributed by atoms with van der Waals surface area (Å²) in [6.45, 7) is 0.866. The fourth-order valence-electron chi connectivity index (χ4n) is 6.59. The first kappa shape index (κ1) is 34.2. The predicted octanol–water partition coefficient (Wildman–Crippen LogP) is 7.58. The van der Waals surface area contributed by atoms with Gasteiger partial charge in [-0.05, 0) is 54.1 Å². The minimum atomic E-state index is -0.817. The Labute approximate surface area is 296 Å². The van der Waals surface area contributed by atoms with E-state index in [1.54, 1.807) is 9.58 Å². The van der Waals surface area contributed by atoms with Crippen molar-refractivity contribution in [2.24, 2.45) is 0 Å². The van der Waals surface area contributed by atoms with Gasteiger partial charge in [0.25, 0.3) is 0 Å². The Morgan fingerprint density at radius 3 is 2.80 bits per heavy atom. The summed E-state index contributed by atoms with van der Waals surface area (Å²) in [4.78, 5) is 19.6. The Morgan fingerprint density at radius 2 is 1.98 bits per heavy atom. The predicted molar refractivity (Wildman–Crippen MR) is 193 cm³/mol. The Balaban J connectivity index is 1.51. The molecule has 0 fully saturated rings. The third-order valence-corrected chi connectivity index (χ3v) is 9.91. The van der Waals surface area contributed by atoms with Crippen molar-refractivity contribution in [2.75, 3.05) is 45.4 Å². The number of hydrogen-bond acceptors (Lipinski definition) is 8. The van der Waals surface area contributed by atoms with Crippen molar-refractivity contribution in [1.29, 1.82) is 5.41 Å². The molecular weight excluding hydrogens is 678 g/mol. The number of thiophene rings is 1. The number of rotatable bonds is 5. The molecule has 7 rings (SSSR count). The lowest BCUT2D eigenvalue weighted by atomic mass is 9.92. The molecule has 262 valence electrons. The number of fused-ring (bicyclic) bond motifs is 11. The summed E-state index contributed by atoms with van der Waals surface area (Å²) >= 11 is 1.40. The number of benzene rings is 2. The van der Waals surface area contributed by atoms with E-state index in [9.17, 15) is 13.6 Å². The number of carbonyl (C=O) groups is 1. The van der Waals surface area contributed by atoms with Crippen LogP contribution in [-0.2, 0) is 29.0 Å². The monoisotopic (exact) mass is 712 g/mol. The van der Waals surface area contributed by atoms with E-state index in [1.807, 2.05) is 48.8 Å². The quantitative estimate of drug-likeness (QED) is 0.111. The van der Waals surface area contributed by atoms with E-state index < -0.39 is 18.3 Å². The minimum absolute atomic E-state index is 0.00649. The third kappa shape index (κ3) is 6.78. The van der Waals surface area contributed by atoms with Gasteiger partial charge in [0.05, 0.1) is 43.3 Å². The molecule has 0 radical (unpaired) electrons. The topological polar surface area (TPSA) is 105 Å². The lowest BCUT2D eigenvalue weighted by Crippen LogP contribution is -2.37. The minimum Gasteiger partial charge on any atom is -0.490 e. The van der Waals surface area contributed by atoms with Gasteiger partial charge in [-0.2, -0.15) is 5.10 Å². The molecular formula is C38H35F3N6O3S. The molecule has 0 saturated heterocycles. The van der Waals surface area contributed by atoms with E-state index in [2.05, 4.69) is 5.32 Å². The van der Waals surface area contributed by atoms with Crippen LogP contribution < -0.4 is 10.1 Å². The number of amides is 1. The summed E-state index contributed by atoms with van der Waals surface area (Å²) in [6, 6.07) is 9.74. The zero-order valence-electron chi connectivity index (χ0n) is 27.8. The molecule has 5 heterocycles. The summed E-state index contributed by atoms with van der Waals surface area (Å²) < 4.78 is 58.0. The maximum atomic E-state index is 16.2. The molecule has 2 bridgehead atoms. The molecule has 0 unspecified atom stereocenters. The maximum absolute atomic E-state index is 16.2. The van der Waals surface area contributed by atoms with E-state index >= 15 is 4.39 Å². The van der Waals surface area contributed by atoms with Crippen LogP contribution >= 0.6 is 11.3 Å². The second-order valence-corrected chi connectivity index (χ2v) is 13.0. The Kier molecular flexibility index (Phi) is 10.00. The fraction of sp³-hybridized carbons (Fsp3) is 0.263. The van der Waals surface area contributed by atoms with Crippen molar-refractivity contribution in [3.05, 3.63) is 94.5 Å². The van der Waals surface area contributed by atoms with Gasteiger partial charge in [-0.1, -0.05) is 12.2 Å². The zero-order chi connectivity index (χ0) is 35.5. The summed E-state index contributed by atoms with van der Waals surface area (Å²) in [5, 5.41) is 19.0. The number of anilines is 1. The van der Waals surface area contributed by atoms with E-state index in [4.69, 9.17) is 25.0 Å². The summed E-state index contributed by atoms with van der Waals surface area (Å²) in [5.74, 6) is -1.90. The number of alkyl halides is 1. The second-order valence-electron chi connectivity index (χ2n) is 12.1. The molecule has 51 heavy (non-hydrogen) atoms. The fourth-order valence-corrected chi connectivity index (χ4v) is 7.53. The number of nitrogens with zero attached hydrogens (tertiary/aromatic N) is 4. The van der Waals surface area contributed by atoms with Gasteiger partial charge in [0.2, 0.25) is 5.91 Å². The standard InChI is InChI=1S/C38H35F3N6O3S/c1-43-30-17-23-6-3-2-4-12-49-13-14-50-32-19-25(40)18-29(41)34(32)35-37(44-36(27-8-15-51-38(27)35)28(23)16-24(30)21-42)31-20-26-22-46(10-11-47(26)45-31)33(48)7-5-9-39/h2,4-5,7-8,15-21,42-43H,3,6,9-14,22H2,1H3/b4-2+,7-5+,42-21?. The lowest BCUT2D eigenvalue weighted by Gasteiger charge is -2.26. The molecule has 9 nitrogen and oxygen atoms in total. The van der Waals surface area contributed by atoms with E-state index in [1.165, 1.54) is 35.8 Å². The van der Waals surface area contributed by atoms with Crippen molar-refractivity contribution in [3.63, 3.8) is 0 Å². The van der Waals surface area contributed by atoms with Crippen LogP contribution in [-0.4, -0.2) is 71.9 Å². The highest BCUT2D eigenvalue weighted by molar-refractivity contribution is 7.18. The van der Waals surface area contributed by atoms with Crippen LogP contribution in [0.4, 0.5) is 18.9 Å². The highest BCUT2D eigenvalue weighted by Crippen LogP contribution is 2.48. The van der Waals surface area contributed by atoms with Gasteiger partial charge in [0, 0.05) is 70.5 Å². The molecule has 0 aliphatic carbocycles. The highest BCUT2D eigenvalue weighted by Gasteiger charge is 2.29. The Morgan fingerprint density at radius 1 is 1.10 bits per heavy atom. The van der Waals surface area contributed by atoms with Crippen molar-refractivity contribution in [1.82, 2.24) is 19.7 Å². The van der Waals surface area contributed by atoms with Gasteiger partial charge in [-0.25, -0.2) is 18.2 Å². The SMILES string of the molecule is CNc1cc2c(cc1C=N)-c1nc(-c3cc4n(n3)CCN(C(=O)/C=C/CF)C4)c(c3sccc13)-c1c(F)cc(F)cc1OCCOC/C=C/CC2. The molecule has 2 aromatic carbocycles. The average molecular weight is 713 g/mol. The first-order valence-electron chi connectivity index (χ1n) is 16.6. The molecule has 2 aliphatic heterocycles. The normalized spacial score (nSPS) is 15.6. The largest absolute Gasteiger partial charge is 0.490 e. The molecule has 0 atom stereocenters. The van der Waals surface area contributed by atoms with E-state index in [-0.39, 0.29) is 37.0 Å². The number of aryl methyl sites for hydroxylation is 1. The van der Waals surface area contributed by atoms with Crippen molar-refractivity contribution in [3.8, 4) is 39.5 Å². The van der Waals surface area contributed by atoms with Gasteiger partial charge < -0.3 is 25.1 Å². The molecule has 0 spiro atoms. The summed E-state index contributed by atoms with van der Waals surface area (Å²) in [6.07, 6.45) is 9.07. The Hall–Kier alpha value is -5.27. The van der Waals surface area contributed by atoms with Crippen LogP contribution in [0.25, 0.3) is 43.9 Å². The van der Waals surface area contributed by atoms with Crippen LogP contribution in [0.3, 0.4) is 0 Å². The van der Waals surface area contributed by atoms with Crippen LogP contribution in [0.1, 0.15) is 23.2 Å². The van der Waals surface area contributed by atoms with Crippen LogP contribution in [0.2, 0.25) is 0 Å². The van der Waals surface area contributed by atoms with Crippen LogP contribution in [0.5, 0.6) is 5.75 Å². The molecule has 13 heteroatoms. The van der Waals surface area contributed by atoms with Crippen molar-refractivity contribution in [2.45, 2.75) is 25.9 Å². The number of hydrogen-bond donors (Lipinski definition) is 2. The number of ether oxygens (including phenoxy) is 2. The van der Waals surface area contributed by atoms with Crippen molar-refractivity contribution < 1.29 is 27.4 Å². The van der Waals surface area contributed by atoms with E-state index in [0.29, 0.717) is 59.0 Å². The number of halogens is 3. The number of nitrogens with one attached hydrogen (secondary N) is 2. The number of pyridine rings is 1. The summed E-state index contributed by atoms with van der Waals surface area (Å²) in [7, 11) is 1.82. The van der Waals surface area contributed by atoms with E-state index in [0.717, 1.165) is 40.4 Å². The lowest BCUT2D eigenvalue weighted by molar-refractivity contribution is -0.127. The molecule has 2 aliphatic rings. The van der Waals surface area contributed by atoms with Gasteiger partial charge in [-0.3, -0.25) is 9.48 Å². The van der Waals surface area contributed by atoms with Gasteiger partial charge >= 0.3 is 0 Å². The average Bonchev–Trinajstić information content (AvgIpc) is 3.80. The molecule has 3 aromatic heterocycles. The number of aromatic nitrogens is 3. The summed E-state index contributed by atoms with van der Waals surface area (Å²) in [5.41, 5.74) is 5.88. The molecule has 0 saturated carbocycles. The molecule has 5 aromatic rings. The van der Waals surface area contributed by atoms with Crippen LogP contribution in [0, 0.1) is 17.0 Å². The smallest absolute Gasteiger partial charge is 0.246 e. The maximum Gasteiger partial charge on any atom is 0.246 e. The van der Waals surface area contributed by atoms with Gasteiger partial charge in [0.1, 0.15) is 42.1 Å². The van der Waals surface area contributed by atoms with Gasteiger partial charge in [0.15, 0.2) is 0 Å². The zero-order valence-corrected chi connectivity index (χ0v) is 28.7. The highest BCUT2D eigenvalue weighted by atomic mass is 32.1. The molecule has 1 amide bonds. The Bertz CT molecular complexity index is 2190. The van der Waals surface area contributed by atoms with Crippen LogP contribution in [0.15, 0.2) is 66.1 Å². The molecule has 2 N–H and O–H groups in total. The second kappa shape index (κ2) is 14.9.